The molecule has 3 aliphatic heterocycles. The van der Waals surface area contributed by atoms with E-state index < -0.39 is 107 Å². The SMILES string of the molecule is CCCCCCCCCCCCCCCC1OCC(COC(=O)O[C@@H]2C(=O)C=C(C)[C@H]3C[C@H]4OC(=O)C(OC(=O)CC(O)(C(C)C)C(C)C)C5C(C)[C@@H](O)[C@@]6(O)OC[C@@]54C6C32C)O1. The summed E-state index contributed by atoms with van der Waals surface area (Å²) >= 11 is 0. The predicted octanol–water partition coefficient (Wildman–Crippen LogP) is 7.50. The molecule has 0 aromatic rings. The highest BCUT2D eigenvalue weighted by Gasteiger charge is 2.84. The molecule has 14 nitrogen and oxygen atoms in total. The van der Waals surface area contributed by atoms with Crippen molar-refractivity contribution in [3.8, 4) is 0 Å². The maximum atomic E-state index is 14.1. The van der Waals surface area contributed by atoms with Gasteiger partial charge in [-0.05, 0) is 55.9 Å². The van der Waals surface area contributed by atoms with E-state index in [1.807, 2.05) is 0 Å². The van der Waals surface area contributed by atoms with Crippen LogP contribution in [-0.4, -0.2) is 107 Å². The van der Waals surface area contributed by atoms with E-state index in [9.17, 15) is 34.5 Å². The second kappa shape index (κ2) is 20.5. The zero-order valence-electron chi connectivity index (χ0n) is 39.3. The Labute approximate surface area is 374 Å². The van der Waals surface area contributed by atoms with E-state index in [0.29, 0.717) is 5.57 Å². The van der Waals surface area contributed by atoms with E-state index in [-0.39, 0.29) is 44.5 Å². The Balaban J connectivity index is 1.08. The van der Waals surface area contributed by atoms with Crippen LogP contribution in [0, 0.1) is 46.3 Å². The minimum Gasteiger partial charge on any atom is -0.459 e. The number of hydrogen-bond acceptors (Lipinski definition) is 14. The van der Waals surface area contributed by atoms with E-state index in [0.717, 1.165) is 19.3 Å². The standard InChI is InChI=1S/C49H78O14/c1-9-10-11-12-13-14-15-16-17-18-19-20-21-22-38-57-26-33(60-38)27-58-45(54)63-42-35(50)23-31(6)34-24-36-47-28-59-49(56,44(47)46(34,42)8)41(52)32(7)39(47)40(43(53)61-36)62-37(51)25-48(55,29(2)3)30(4)5/h23,29-30,32-34,36,38-42,44,52,55-56H,9-22,24-28H2,1-8H3/t32?,33?,34-,36-,38?,39?,40?,41-,42-,44?,46?,47+,49-/m1/s1. The molecule has 358 valence electrons. The Morgan fingerprint density at radius 3 is 2.14 bits per heavy atom. The lowest BCUT2D eigenvalue weighted by Crippen LogP contribution is -2.78. The summed E-state index contributed by atoms with van der Waals surface area (Å²) in [4.78, 5) is 55.2. The molecular weight excluding hydrogens is 813 g/mol. The summed E-state index contributed by atoms with van der Waals surface area (Å²) in [7, 11) is 0. The molecule has 0 amide bonds. The van der Waals surface area contributed by atoms with E-state index in [1.165, 1.54) is 76.7 Å². The lowest BCUT2D eigenvalue weighted by Gasteiger charge is -2.68. The molecule has 7 unspecified atom stereocenters. The Kier molecular flexibility index (Phi) is 16.2. The monoisotopic (exact) mass is 891 g/mol. The number of carbonyl (C=O) groups is 4. The summed E-state index contributed by atoms with van der Waals surface area (Å²) in [5.74, 6) is -8.49. The lowest BCUT2D eigenvalue weighted by molar-refractivity contribution is -0.340. The number of carbonyl (C=O) groups excluding carboxylic acids is 4. The van der Waals surface area contributed by atoms with Gasteiger partial charge in [-0.2, -0.15) is 0 Å². The normalized spacial score (nSPS) is 37.1. The van der Waals surface area contributed by atoms with Crippen molar-refractivity contribution in [1.29, 1.82) is 0 Å². The number of rotatable bonds is 22. The van der Waals surface area contributed by atoms with Crippen LogP contribution >= 0.6 is 0 Å². The van der Waals surface area contributed by atoms with Crippen LogP contribution in [0.2, 0.25) is 0 Å². The van der Waals surface area contributed by atoms with Crippen molar-refractivity contribution in [2.75, 3.05) is 19.8 Å². The van der Waals surface area contributed by atoms with Crippen LogP contribution in [0.5, 0.6) is 0 Å². The van der Waals surface area contributed by atoms with E-state index in [2.05, 4.69) is 6.92 Å². The second-order valence-electron chi connectivity index (χ2n) is 20.8. The fourth-order valence-electron chi connectivity index (χ4n) is 12.8. The van der Waals surface area contributed by atoms with E-state index >= 15 is 0 Å². The van der Waals surface area contributed by atoms with Crippen LogP contribution in [0.25, 0.3) is 0 Å². The molecule has 0 aromatic carbocycles. The number of esters is 2. The molecule has 2 bridgehead atoms. The van der Waals surface area contributed by atoms with Crippen molar-refractivity contribution in [3.05, 3.63) is 11.6 Å². The van der Waals surface area contributed by atoms with Crippen molar-refractivity contribution in [2.45, 2.75) is 206 Å². The zero-order chi connectivity index (χ0) is 45.9. The van der Waals surface area contributed by atoms with Crippen LogP contribution in [0.15, 0.2) is 11.6 Å². The number of hydrogen-bond donors (Lipinski definition) is 3. The van der Waals surface area contributed by atoms with E-state index in [1.54, 1.807) is 48.5 Å². The van der Waals surface area contributed by atoms with E-state index in [4.69, 9.17) is 33.2 Å². The molecule has 13 atom stereocenters. The van der Waals surface area contributed by atoms with Crippen molar-refractivity contribution >= 4 is 23.9 Å². The van der Waals surface area contributed by atoms with Crippen molar-refractivity contribution in [1.82, 2.24) is 0 Å². The van der Waals surface area contributed by atoms with Crippen LogP contribution in [0.1, 0.15) is 158 Å². The van der Waals surface area contributed by atoms with Crippen molar-refractivity contribution in [2.24, 2.45) is 46.3 Å². The topological polar surface area (TPSA) is 194 Å². The lowest BCUT2D eigenvalue weighted by atomic mass is 9.38. The fraction of sp³-hybridized carbons (Fsp3) is 0.878. The summed E-state index contributed by atoms with van der Waals surface area (Å²) in [6.07, 6.45) is 11.0. The third-order valence-electron chi connectivity index (χ3n) is 16.2. The number of fused-ring (bicyclic) bond motifs is 1. The molecule has 0 aromatic heterocycles. The maximum absolute atomic E-state index is 14.1. The summed E-state index contributed by atoms with van der Waals surface area (Å²) in [6, 6.07) is 0. The third kappa shape index (κ3) is 9.64. The number of allylic oxidation sites excluding steroid dienone is 1. The van der Waals surface area contributed by atoms with Gasteiger partial charge < -0.3 is 48.5 Å². The summed E-state index contributed by atoms with van der Waals surface area (Å²) in [5, 5.41) is 35.9. The molecule has 6 rings (SSSR count). The van der Waals surface area contributed by atoms with Gasteiger partial charge in [0.05, 0.1) is 25.2 Å². The van der Waals surface area contributed by atoms with Gasteiger partial charge in [-0.15, -0.1) is 0 Å². The minimum absolute atomic E-state index is 0.156. The zero-order valence-corrected chi connectivity index (χ0v) is 39.3. The molecule has 1 spiro atoms. The highest BCUT2D eigenvalue weighted by Crippen LogP contribution is 2.74. The average Bonchev–Trinajstić information content (AvgIpc) is 3.80. The van der Waals surface area contributed by atoms with Crippen molar-refractivity contribution in [3.63, 3.8) is 0 Å². The third-order valence-corrected chi connectivity index (χ3v) is 16.2. The Morgan fingerprint density at radius 1 is 0.937 bits per heavy atom. The molecule has 63 heavy (non-hydrogen) atoms. The van der Waals surface area contributed by atoms with Crippen LogP contribution in [0.4, 0.5) is 4.79 Å². The van der Waals surface area contributed by atoms with Gasteiger partial charge in [0.15, 0.2) is 24.0 Å². The summed E-state index contributed by atoms with van der Waals surface area (Å²) in [6.45, 7) is 14.5. The van der Waals surface area contributed by atoms with Crippen LogP contribution < -0.4 is 0 Å². The van der Waals surface area contributed by atoms with Gasteiger partial charge in [0.25, 0.3) is 0 Å². The maximum Gasteiger partial charge on any atom is 0.509 e. The van der Waals surface area contributed by atoms with Gasteiger partial charge >= 0.3 is 18.1 Å². The first-order chi connectivity index (χ1) is 29.9. The highest BCUT2D eigenvalue weighted by atomic mass is 16.8. The number of aliphatic hydroxyl groups is 3. The highest BCUT2D eigenvalue weighted by molar-refractivity contribution is 5.97. The van der Waals surface area contributed by atoms with Crippen LogP contribution in [-0.2, 0) is 47.5 Å². The largest absolute Gasteiger partial charge is 0.509 e. The summed E-state index contributed by atoms with van der Waals surface area (Å²) < 4.78 is 41.7. The molecule has 2 saturated carbocycles. The summed E-state index contributed by atoms with van der Waals surface area (Å²) in [5.41, 5.74) is -3.47. The number of ketones is 1. The molecule has 3 aliphatic carbocycles. The quantitative estimate of drug-likeness (QED) is 0.0549. The first kappa shape index (κ1) is 49.8. The Bertz CT molecular complexity index is 1640. The van der Waals surface area contributed by atoms with Crippen LogP contribution in [0.3, 0.4) is 0 Å². The molecule has 5 fully saturated rings. The first-order valence-electron chi connectivity index (χ1n) is 24.3. The smallest absolute Gasteiger partial charge is 0.459 e. The van der Waals surface area contributed by atoms with Gasteiger partial charge in [0.1, 0.15) is 24.9 Å². The van der Waals surface area contributed by atoms with Gasteiger partial charge in [-0.3, -0.25) is 9.59 Å². The van der Waals surface area contributed by atoms with Crippen molar-refractivity contribution < 1.29 is 67.7 Å². The first-order valence-corrected chi connectivity index (χ1v) is 24.3. The Morgan fingerprint density at radius 2 is 1.54 bits per heavy atom. The number of ether oxygens (including phenoxy) is 7. The molecule has 3 heterocycles. The van der Waals surface area contributed by atoms with Gasteiger partial charge in [-0.1, -0.05) is 131 Å². The molecule has 14 heteroatoms. The van der Waals surface area contributed by atoms with Gasteiger partial charge in [-0.25, -0.2) is 9.59 Å². The molecule has 3 saturated heterocycles. The van der Waals surface area contributed by atoms with Gasteiger partial charge in [0, 0.05) is 22.7 Å². The van der Waals surface area contributed by atoms with Gasteiger partial charge in [0.2, 0.25) is 6.10 Å². The molecule has 3 N–H and O–H groups in total. The number of unbranched alkanes of at least 4 members (excludes halogenated alkanes) is 12. The molecular formula is C49H78O14. The fourth-order valence-corrected chi connectivity index (χ4v) is 12.8. The predicted molar refractivity (Wildman–Crippen MR) is 231 cm³/mol. The minimum atomic E-state index is -2.25. The Hall–Kier alpha value is -2.62. The molecule has 6 aliphatic rings. The second-order valence-corrected chi connectivity index (χ2v) is 20.8. The number of aliphatic hydroxyl groups excluding tert-OH is 1. The average molecular weight is 891 g/mol. The molecule has 0 radical (unpaired) electrons.